The second kappa shape index (κ2) is 6.29. The first kappa shape index (κ1) is 14.2. The van der Waals surface area contributed by atoms with Crippen molar-refractivity contribution < 1.29 is 18.3 Å². The third-order valence-electron chi connectivity index (χ3n) is 2.82. The van der Waals surface area contributed by atoms with Crippen molar-refractivity contribution in [2.24, 2.45) is 0 Å². The number of carbonyl (C=O) groups excluding carboxylic acids is 1. The fourth-order valence-corrected chi connectivity index (χ4v) is 2.18. The summed E-state index contributed by atoms with van der Waals surface area (Å²) in [6, 6.07) is 2.27. The van der Waals surface area contributed by atoms with Crippen LogP contribution in [0.15, 0.2) is 16.6 Å². The number of nitrogens with zero attached hydrogens (tertiary/aromatic N) is 1. The molecule has 0 bridgehead atoms. The quantitative estimate of drug-likeness (QED) is 0.902. The molecule has 0 unspecified atom stereocenters. The molecule has 1 fully saturated rings. The maximum atomic E-state index is 13.5. The lowest BCUT2D eigenvalue weighted by Gasteiger charge is -2.26. The summed E-state index contributed by atoms with van der Waals surface area (Å²) in [7, 11) is 0. The zero-order valence-corrected chi connectivity index (χ0v) is 11.7. The van der Waals surface area contributed by atoms with Crippen molar-refractivity contribution >= 4 is 22.0 Å². The van der Waals surface area contributed by atoms with E-state index in [-0.39, 0.29) is 5.56 Å². The van der Waals surface area contributed by atoms with Crippen molar-refractivity contribution in [3.05, 3.63) is 33.8 Å². The lowest BCUT2D eigenvalue weighted by atomic mass is 10.2. The van der Waals surface area contributed by atoms with E-state index >= 15 is 0 Å². The van der Waals surface area contributed by atoms with Gasteiger partial charge in [0, 0.05) is 30.7 Å². The Balaban J connectivity index is 1.96. The molecule has 4 nitrogen and oxygen atoms in total. The third kappa shape index (κ3) is 3.63. The van der Waals surface area contributed by atoms with E-state index < -0.39 is 24.3 Å². The molecule has 1 saturated heterocycles. The van der Waals surface area contributed by atoms with Gasteiger partial charge in [-0.3, -0.25) is 0 Å². The molecule has 0 aliphatic carbocycles. The van der Waals surface area contributed by atoms with Gasteiger partial charge in [0.15, 0.2) is 0 Å². The van der Waals surface area contributed by atoms with Crippen molar-refractivity contribution in [2.75, 3.05) is 26.2 Å². The summed E-state index contributed by atoms with van der Waals surface area (Å²) < 4.78 is 32.3. The van der Waals surface area contributed by atoms with Crippen molar-refractivity contribution in [3.8, 4) is 0 Å². The van der Waals surface area contributed by atoms with E-state index in [4.69, 9.17) is 4.74 Å². The molecule has 1 heterocycles. The lowest BCUT2D eigenvalue weighted by molar-refractivity contribution is 0.0900. The van der Waals surface area contributed by atoms with Crippen LogP contribution in [0.3, 0.4) is 0 Å². The van der Waals surface area contributed by atoms with E-state index in [9.17, 15) is 13.6 Å². The van der Waals surface area contributed by atoms with Crippen molar-refractivity contribution in [1.29, 1.82) is 0 Å². The Labute approximate surface area is 117 Å². The van der Waals surface area contributed by atoms with Crippen LogP contribution in [0.1, 0.15) is 5.56 Å². The van der Waals surface area contributed by atoms with E-state index in [0.29, 0.717) is 30.7 Å². The summed E-state index contributed by atoms with van der Waals surface area (Å²) in [6.45, 7) is 2.04. The Bertz CT molecular complexity index is 456. The first-order chi connectivity index (χ1) is 9.08. The molecule has 0 atom stereocenters. The molecular weight excluding hydrogens is 322 g/mol. The van der Waals surface area contributed by atoms with Gasteiger partial charge in [-0.2, -0.15) is 0 Å². The number of piperazine rings is 1. The summed E-state index contributed by atoms with van der Waals surface area (Å²) in [4.78, 5) is 13.2. The van der Waals surface area contributed by atoms with Gasteiger partial charge in [-0.25, -0.2) is 13.6 Å². The predicted octanol–water partition coefficient (Wildman–Crippen LogP) is 2.27. The number of carbonyl (C=O) groups is 1. The number of nitrogens with one attached hydrogen (secondary N) is 1. The number of hydrogen-bond acceptors (Lipinski definition) is 3. The number of rotatable bonds is 2. The van der Waals surface area contributed by atoms with Gasteiger partial charge >= 0.3 is 6.09 Å². The number of halogens is 3. The monoisotopic (exact) mass is 334 g/mol. The molecule has 0 radical (unpaired) electrons. The van der Waals surface area contributed by atoms with Crippen molar-refractivity contribution in [3.63, 3.8) is 0 Å². The highest BCUT2D eigenvalue weighted by molar-refractivity contribution is 9.10. The van der Waals surface area contributed by atoms with Crippen LogP contribution in [-0.4, -0.2) is 37.2 Å². The molecule has 1 N–H and O–H groups in total. The van der Waals surface area contributed by atoms with Crippen LogP contribution in [0.5, 0.6) is 0 Å². The Hall–Kier alpha value is -1.21. The Morgan fingerprint density at radius 3 is 2.47 bits per heavy atom. The first-order valence-corrected chi connectivity index (χ1v) is 6.63. The van der Waals surface area contributed by atoms with Crippen LogP contribution in [0, 0.1) is 11.6 Å². The zero-order valence-electron chi connectivity index (χ0n) is 10.1. The molecule has 2 rings (SSSR count). The molecule has 0 aromatic heterocycles. The maximum Gasteiger partial charge on any atom is 0.410 e. The number of ether oxygens (including phenoxy) is 1. The molecular formula is C12H13BrF2N2O2. The maximum absolute atomic E-state index is 13.5. The van der Waals surface area contributed by atoms with E-state index in [1.807, 2.05) is 0 Å². The van der Waals surface area contributed by atoms with Crippen LogP contribution in [-0.2, 0) is 11.3 Å². The molecule has 104 valence electrons. The molecule has 1 aromatic carbocycles. The largest absolute Gasteiger partial charge is 0.444 e. The Kier molecular flexibility index (Phi) is 4.71. The van der Waals surface area contributed by atoms with E-state index in [1.165, 1.54) is 4.90 Å². The molecule has 1 aromatic rings. The molecule has 0 saturated carbocycles. The molecule has 1 amide bonds. The van der Waals surface area contributed by atoms with Crippen LogP contribution in [0.25, 0.3) is 0 Å². The fraction of sp³-hybridized carbons (Fsp3) is 0.417. The molecule has 1 aliphatic rings. The Morgan fingerprint density at radius 1 is 1.32 bits per heavy atom. The SMILES string of the molecule is O=C(OCc1c(F)cc(Br)cc1F)N1CCNCC1. The van der Waals surface area contributed by atoms with Crippen molar-refractivity contribution in [1.82, 2.24) is 10.2 Å². The van der Waals surface area contributed by atoms with Gasteiger partial charge in [0.05, 0.1) is 5.56 Å². The van der Waals surface area contributed by atoms with E-state index in [0.717, 1.165) is 12.1 Å². The summed E-state index contributed by atoms with van der Waals surface area (Å²) in [5.41, 5.74) is -0.244. The zero-order chi connectivity index (χ0) is 13.8. The standard InChI is InChI=1S/C12H13BrF2N2O2/c13-8-5-10(14)9(11(15)6-8)7-19-12(18)17-3-1-16-2-4-17/h5-6,16H,1-4,7H2. The number of hydrogen-bond donors (Lipinski definition) is 1. The molecule has 7 heteroatoms. The van der Waals surface area contributed by atoms with E-state index in [1.54, 1.807) is 0 Å². The minimum Gasteiger partial charge on any atom is -0.444 e. The molecule has 1 aliphatic heterocycles. The van der Waals surface area contributed by atoms with Crippen molar-refractivity contribution in [2.45, 2.75) is 6.61 Å². The van der Waals surface area contributed by atoms with Gasteiger partial charge in [-0.05, 0) is 12.1 Å². The van der Waals surface area contributed by atoms with Gasteiger partial charge in [0.1, 0.15) is 18.2 Å². The van der Waals surface area contributed by atoms with Gasteiger partial charge in [-0.1, -0.05) is 15.9 Å². The average Bonchev–Trinajstić information content (AvgIpc) is 2.38. The highest BCUT2D eigenvalue weighted by Gasteiger charge is 2.19. The van der Waals surface area contributed by atoms with Gasteiger partial charge in [0.25, 0.3) is 0 Å². The predicted molar refractivity (Wildman–Crippen MR) is 68.7 cm³/mol. The smallest absolute Gasteiger partial charge is 0.410 e. The van der Waals surface area contributed by atoms with E-state index in [2.05, 4.69) is 21.2 Å². The summed E-state index contributed by atoms with van der Waals surface area (Å²) in [5.74, 6) is -1.47. The highest BCUT2D eigenvalue weighted by Crippen LogP contribution is 2.20. The average molecular weight is 335 g/mol. The van der Waals surface area contributed by atoms with Crippen LogP contribution < -0.4 is 5.32 Å². The lowest BCUT2D eigenvalue weighted by Crippen LogP contribution is -2.46. The minimum absolute atomic E-state index is 0.244. The Morgan fingerprint density at radius 2 is 1.89 bits per heavy atom. The minimum atomic E-state index is -0.736. The first-order valence-electron chi connectivity index (χ1n) is 5.84. The second-order valence-corrected chi connectivity index (χ2v) is 5.06. The number of amides is 1. The number of benzene rings is 1. The van der Waals surface area contributed by atoms with Gasteiger partial charge in [0.2, 0.25) is 0 Å². The summed E-state index contributed by atoms with van der Waals surface area (Å²) >= 11 is 2.99. The second-order valence-electron chi connectivity index (χ2n) is 4.14. The van der Waals surface area contributed by atoms with Gasteiger partial charge in [-0.15, -0.1) is 0 Å². The fourth-order valence-electron chi connectivity index (χ4n) is 1.78. The van der Waals surface area contributed by atoms with Crippen LogP contribution >= 0.6 is 15.9 Å². The third-order valence-corrected chi connectivity index (χ3v) is 3.28. The molecule has 19 heavy (non-hydrogen) atoms. The van der Waals surface area contributed by atoms with Crippen LogP contribution in [0.2, 0.25) is 0 Å². The van der Waals surface area contributed by atoms with Gasteiger partial charge < -0.3 is 15.0 Å². The summed E-state index contributed by atoms with van der Waals surface area (Å²) in [5, 5.41) is 3.09. The normalized spacial score (nSPS) is 15.4. The highest BCUT2D eigenvalue weighted by atomic mass is 79.9. The molecule has 0 spiro atoms. The summed E-state index contributed by atoms with van der Waals surface area (Å²) in [6.07, 6.45) is -0.553. The van der Waals surface area contributed by atoms with Crippen LogP contribution in [0.4, 0.5) is 13.6 Å². The topological polar surface area (TPSA) is 41.6 Å².